The minimum atomic E-state index is -4.28. The van der Waals surface area contributed by atoms with E-state index < -0.39 is 18.2 Å². The Kier molecular flexibility index (Phi) is 4.98. The standard InChI is InChI=1S/C12H19F3O2/c1-8(16)7-9-3-5-10(6-4-9)11(17-2)12(13,14)15/h9-11H,3-7H2,1-2H3. The highest BCUT2D eigenvalue weighted by Crippen LogP contribution is 2.39. The fourth-order valence-corrected chi connectivity index (χ4v) is 2.69. The van der Waals surface area contributed by atoms with E-state index in [0.29, 0.717) is 32.1 Å². The molecule has 2 nitrogen and oxygen atoms in total. The number of hydrogen-bond acceptors (Lipinski definition) is 2. The second-order valence-corrected chi connectivity index (χ2v) is 4.88. The lowest BCUT2D eigenvalue weighted by molar-refractivity contribution is -0.231. The number of carbonyl (C=O) groups is 1. The number of Topliss-reactive ketones (excluding diaryl/α,β-unsaturated/α-hetero) is 1. The summed E-state index contributed by atoms with van der Waals surface area (Å²) in [5, 5.41) is 0. The monoisotopic (exact) mass is 252 g/mol. The molecule has 1 aliphatic carbocycles. The molecule has 0 radical (unpaired) electrons. The van der Waals surface area contributed by atoms with Crippen LogP contribution in [0.1, 0.15) is 39.0 Å². The highest BCUT2D eigenvalue weighted by Gasteiger charge is 2.45. The molecule has 17 heavy (non-hydrogen) atoms. The number of rotatable bonds is 4. The molecule has 0 heterocycles. The van der Waals surface area contributed by atoms with Crippen LogP contribution in [0.5, 0.6) is 0 Å². The maximum atomic E-state index is 12.6. The van der Waals surface area contributed by atoms with Crippen molar-refractivity contribution in [3.63, 3.8) is 0 Å². The fourth-order valence-electron chi connectivity index (χ4n) is 2.69. The maximum Gasteiger partial charge on any atom is 0.414 e. The molecule has 0 aromatic heterocycles. The van der Waals surface area contributed by atoms with Crippen LogP contribution in [0.3, 0.4) is 0 Å². The second-order valence-electron chi connectivity index (χ2n) is 4.88. The van der Waals surface area contributed by atoms with Crippen LogP contribution in [-0.2, 0) is 9.53 Å². The van der Waals surface area contributed by atoms with E-state index in [1.807, 2.05) is 0 Å². The summed E-state index contributed by atoms with van der Waals surface area (Å²) in [6.07, 6.45) is -3.06. The van der Waals surface area contributed by atoms with E-state index in [0.717, 1.165) is 7.11 Å². The van der Waals surface area contributed by atoms with E-state index in [1.165, 1.54) is 6.92 Å². The van der Waals surface area contributed by atoms with Crippen molar-refractivity contribution in [2.45, 2.75) is 51.3 Å². The summed E-state index contributed by atoms with van der Waals surface area (Å²) in [4.78, 5) is 10.9. The van der Waals surface area contributed by atoms with Crippen LogP contribution in [0.25, 0.3) is 0 Å². The van der Waals surface area contributed by atoms with E-state index in [2.05, 4.69) is 4.74 Å². The van der Waals surface area contributed by atoms with Crippen LogP contribution < -0.4 is 0 Å². The molecule has 0 bridgehead atoms. The molecule has 0 saturated heterocycles. The average Bonchev–Trinajstić information content (AvgIpc) is 2.18. The van der Waals surface area contributed by atoms with Gasteiger partial charge in [0.25, 0.3) is 0 Å². The summed E-state index contributed by atoms with van der Waals surface area (Å²) in [6.45, 7) is 1.53. The quantitative estimate of drug-likeness (QED) is 0.767. The van der Waals surface area contributed by atoms with Gasteiger partial charge in [-0.1, -0.05) is 0 Å². The average molecular weight is 252 g/mol. The molecule has 1 rings (SSSR count). The molecule has 0 aromatic carbocycles. The van der Waals surface area contributed by atoms with Gasteiger partial charge in [-0.2, -0.15) is 13.2 Å². The number of methoxy groups -OCH3 is 1. The third-order valence-electron chi connectivity index (χ3n) is 3.47. The van der Waals surface area contributed by atoms with Crippen LogP contribution in [0.15, 0.2) is 0 Å². The molecule has 1 unspecified atom stereocenters. The van der Waals surface area contributed by atoms with Crippen molar-refractivity contribution in [3.8, 4) is 0 Å². The van der Waals surface area contributed by atoms with Gasteiger partial charge in [-0.05, 0) is 44.4 Å². The van der Waals surface area contributed by atoms with Gasteiger partial charge in [0.2, 0.25) is 0 Å². The number of halogens is 3. The minimum Gasteiger partial charge on any atom is -0.372 e. The molecule has 1 atom stereocenters. The summed E-state index contributed by atoms with van der Waals surface area (Å²) in [5.41, 5.74) is 0. The molecule has 0 N–H and O–H groups in total. The Morgan fingerprint density at radius 1 is 1.29 bits per heavy atom. The highest BCUT2D eigenvalue weighted by molar-refractivity contribution is 5.75. The van der Waals surface area contributed by atoms with E-state index in [1.54, 1.807) is 0 Å². The molecule has 0 amide bonds. The van der Waals surface area contributed by atoms with Gasteiger partial charge in [0.1, 0.15) is 5.78 Å². The van der Waals surface area contributed by atoms with Gasteiger partial charge in [-0.15, -0.1) is 0 Å². The van der Waals surface area contributed by atoms with Crippen molar-refractivity contribution in [3.05, 3.63) is 0 Å². The first-order chi connectivity index (χ1) is 7.84. The molecule has 1 aliphatic rings. The Morgan fingerprint density at radius 2 is 1.82 bits per heavy atom. The number of hydrogen-bond donors (Lipinski definition) is 0. The molecule has 0 aliphatic heterocycles. The van der Waals surface area contributed by atoms with E-state index >= 15 is 0 Å². The lowest BCUT2D eigenvalue weighted by Crippen LogP contribution is -2.39. The van der Waals surface area contributed by atoms with Crippen LogP contribution in [0.2, 0.25) is 0 Å². The second kappa shape index (κ2) is 5.85. The van der Waals surface area contributed by atoms with E-state index in [-0.39, 0.29) is 11.7 Å². The molecule has 1 saturated carbocycles. The van der Waals surface area contributed by atoms with E-state index in [4.69, 9.17) is 0 Å². The molecular formula is C12H19F3O2. The molecule has 5 heteroatoms. The summed E-state index contributed by atoms with van der Waals surface area (Å²) in [6, 6.07) is 0. The first-order valence-electron chi connectivity index (χ1n) is 5.93. The van der Waals surface area contributed by atoms with Crippen molar-refractivity contribution in [2.75, 3.05) is 7.11 Å². The SMILES string of the molecule is COC(C1CCC(CC(C)=O)CC1)C(F)(F)F. The maximum absolute atomic E-state index is 12.6. The summed E-state index contributed by atoms with van der Waals surface area (Å²) >= 11 is 0. The summed E-state index contributed by atoms with van der Waals surface area (Å²) < 4.78 is 42.5. The predicted molar refractivity (Wildman–Crippen MR) is 57.6 cm³/mol. The third-order valence-corrected chi connectivity index (χ3v) is 3.47. The summed E-state index contributed by atoms with van der Waals surface area (Å²) in [7, 11) is 1.11. The first-order valence-corrected chi connectivity index (χ1v) is 5.93. The van der Waals surface area contributed by atoms with Gasteiger partial charge in [0.05, 0.1) is 0 Å². The van der Waals surface area contributed by atoms with Gasteiger partial charge < -0.3 is 9.53 Å². The predicted octanol–water partition coefficient (Wildman–Crippen LogP) is 3.35. The van der Waals surface area contributed by atoms with Gasteiger partial charge in [-0.25, -0.2) is 0 Å². The van der Waals surface area contributed by atoms with Gasteiger partial charge in [0.15, 0.2) is 6.10 Å². The molecule has 0 aromatic rings. The normalized spacial score (nSPS) is 27.8. The molecule has 1 fully saturated rings. The Hall–Kier alpha value is -0.580. The fraction of sp³-hybridized carbons (Fsp3) is 0.917. The molecule has 100 valence electrons. The Morgan fingerprint density at radius 3 is 2.18 bits per heavy atom. The van der Waals surface area contributed by atoms with Crippen molar-refractivity contribution < 1.29 is 22.7 Å². The van der Waals surface area contributed by atoms with Gasteiger partial charge in [-0.3, -0.25) is 0 Å². The largest absolute Gasteiger partial charge is 0.414 e. The van der Waals surface area contributed by atoms with Crippen LogP contribution in [0, 0.1) is 11.8 Å². The lowest BCUT2D eigenvalue weighted by Gasteiger charge is -2.33. The molecule has 0 spiro atoms. The number of carbonyl (C=O) groups excluding carboxylic acids is 1. The Labute approximate surface area is 99.5 Å². The topological polar surface area (TPSA) is 26.3 Å². The third kappa shape index (κ3) is 4.30. The van der Waals surface area contributed by atoms with Gasteiger partial charge >= 0.3 is 6.18 Å². The summed E-state index contributed by atoms with van der Waals surface area (Å²) in [5.74, 6) is -0.0785. The number of ether oxygens (including phenoxy) is 1. The minimum absolute atomic E-state index is 0.118. The zero-order valence-electron chi connectivity index (χ0n) is 10.2. The lowest BCUT2D eigenvalue weighted by atomic mass is 9.77. The van der Waals surface area contributed by atoms with E-state index in [9.17, 15) is 18.0 Å². The van der Waals surface area contributed by atoms with Crippen LogP contribution in [0.4, 0.5) is 13.2 Å². The Balaban J connectivity index is 2.48. The number of alkyl halides is 3. The van der Waals surface area contributed by atoms with Crippen molar-refractivity contribution in [1.82, 2.24) is 0 Å². The van der Waals surface area contributed by atoms with Crippen molar-refractivity contribution in [1.29, 1.82) is 0 Å². The van der Waals surface area contributed by atoms with Crippen molar-refractivity contribution in [2.24, 2.45) is 11.8 Å². The smallest absolute Gasteiger partial charge is 0.372 e. The van der Waals surface area contributed by atoms with Crippen LogP contribution in [-0.4, -0.2) is 25.2 Å². The van der Waals surface area contributed by atoms with Crippen LogP contribution >= 0.6 is 0 Å². The first kappa shape index (κ1) is 14.5. The van der Waals surface area contributed by atoms with Gasteiger partial charge in [0, 0.05) is 13.5 Å². The highest BCUT2D eigenvalue weighted by atomic mass is 19.4. The van der Waals surface area contributed by atoms with Crippen molar-refractivity contribution >= 4 is 5.78 Å². The number of ketones is 1. The Bertz CT molecular complexity index is 255. The zero-order valence-corrected chi connectivity index (χ0v) is 10.2. The zero-order chi connectivity index (χ0) is 13.1. The molecular weight excluding hydrogens is 233 g/mol.